The van der Waals surface area contributed by atoms with E-state index in [2.05, 4.69) is 18.8 Å². The van der Waals surface area contributed by atoms with Crippen molar-refractivity contribution >= 4 is 23.7 Å². The first-order valence-corrected chi connectivity index (χ1v) is 10.9. The molecule has 3 aromatic rings. The highest BCUT2D eigenvalue weighted by molar-refractivity contribution is 6.08. The number of nitrogens with two attached hydrogens (primary N) is 1. The Labute approximate surface area is 194 Å². The van der Waals surface area contributed by atoms with Crippen molar-refractivity contribution in [3.63, 3.8) is 0 Å². The van der Waals surface area contributed by atoms with Crippen LogP contribution in [-0.4, -0.2) is 33.8 Å². The average molecular weight is 444 g/mol. The summed E-state index contributed by atoms with van der Waals surface area (Å²) in [4.78, 5) is 27.5. The van der Waals surface area contributed by atoms with Gasteiger partial charge >= 0.3 is 5.97 Å². The molecule has 3 N–H and O–H groups in total. The topological polar surface area (TPSA) is 97.7 Å². The zero-order chi connectivity index (χ0) is 23.8. The first kappa shape index (κ1) is 23.7. The van der Waals surface area contributed by atoms with Gasteiger partial charge in [-0.1, -0.05) is 68.5 Å². The fourth-order valence-electron chi connectivity index (χ4n) is 3.54. The maximum absolute atomic E-state index is 13.0. The molecule has 0 aliphatic heterocycles. The lowest BCUT2D eigenvalue weighted by atomic mass is 10.00. The zero-order valence-electron chi connectivity index (χ0n) is 18.9. The maximum atomic E-state index is 13.0. The van der Waals surface area contributed by atoms with Crippen molar-refractivity contribution in [3.8, 4) is 0 Å². The van der Waals surface area contributed by atoms with E-state index < -0.39 is 5.97 Å². The largest absolute Gasteiger partial charge is 0.480 e. The molecule has 3 rings (SSSR count). The van der Waals surface area contributed by atoms with Gasteiger partial charge in [0.2, 0.25) is 5.78 Å². The number of amidine groups is 1. The van der Waals surface area contributed by atoms with E-state index in [1.807, 2.05) is 77.5 Å². The Morgan fingerprint density at radius 2 is 1.82 bits per heavy atom. The normalized spacial score (nSPS) is 11.9. The number of carboxylic acid groups (broad SMARTS) is 1. The maximum Gasteiger partial charge on any atom is 0.325 e. The van der Waals surface area contributed by atoms with Gasteiger partial charge in [-0.05, 0) is 41.7 Å². The number of allylic oxidation sites excluding steroid dienone is 1. The molecule has 0 amide bonds. The number of hydrogen-bond donors (Lipinski definition) is 2. The molecule has 6 heteroatoms. The monoisotopic (exact) mass is 443 g/mol. The fraction of sp³-hybridized carbons (Fsp3) is 0.222. The third-order valence-electron chi connectivity index (χ3n) is 5.10. The number of carbonyl (C=O) groups excluding carboxylic acids is 1. The van der Waals surface area contributed by atoms with E-state index in [4.69, 9.17) is 10.8 Å². The van der Waals surface area contributed by atoms with E-state index in [1.54, 1.807) is 6.07 Å². The number of carboxylic acids is 1. The molecule has 0 saturated carbocycles. The van der Waals surface area contributed by atoms with Gasteiger partial charge in [0.05, 0.1) is 5.69 Å². The van der Waals surface area contributed by atoms with Crippen molar-refractivity contribution in [3.05, 3.63) is 101 Å². The average Bonchev–Trinajstić information content (AvgIpc) is 3.26. The minimum absolute atomic E-state index is 0.00564. The number of aromatic nitrogens is 1. The van der Waals surface area contributed by atoms with E-state index in [9.17, 15) is 9.59 Å². The van der Waals surface area contributed by atoms with Gasteiger partial charge in [0.25, 0.3) is 0 Å². The van der Waals surface area contributed by atoms with Gasteiger partial charge in [0.15, 0.2) is 0 Å². The highest BCUT2D eigenvalue weighted by atomic mass is 16.4. The quantitative estimate of drug-likeness (QED) is 0.275. The van der Waals surface area contributed by atoms with E-state index in [0.29, 0.717) is 29.3 Å². The van der Waals surface area contributed by atoms with Gasteiger partial charge in [-0.3, -0.25) is 14.6 Å². The van der Waals surface area contributed by atoms with E-state index in [-0.39, 0.29) is 18.2 Å². The van der Waals surface area contributed by atoms with Gasteiger partial charge < -0.3 is 15.4 Å². The first-order valence-electron chi connectivity index (χ1n) is 10.9. The highest BCUT2D eigenvalue weighted by Gasteiger charge is 2.13. The number of aliphatic carboxylic acids is 1. The summed E-state index contributed by atoms with van der Waals surface area (Å²) >= 11 is 0. The second kappa shape index (κ2) is 11.1. The minimum atomic E-state index is -1.03. The van der Waals surface area contributed by atoms with E-state index in [1.165, 1.54) is 5.56 Å². The van der Waals surface area contributed by atoms with Gasteiger partial charge in [0.1, 0.15) is 12.4 Å². The SMILES string of the molecule is CC(C)Cc1ccc(C(=O)c2cccn2C/C=C/c2cccc(C(N)=NCC(=O)O)c2)cc1. The molecule has 2 aromatic carbocycles. The predicted molar refractivity (Wildman–Crippen MR) is 132 cm³/mol. The number of carbonyl (C=O) groups is 2. The summed E-state index contributed by atoms with van der Waals surface area (Å²) in [6.07, 6.45) is 6.78. The summed E-state index contributed by atoms with van der Waals surface area (Å²) in [5.74, 6) is -0.276. The van der Waals surface area contributed by atoms with Gasteiger partial charge in [0, 0.05) is 23.9 Å². The second-order valence-corrected chi connectivity index (χ2v) is 8.29. The van der Waals surface area contributed by atoms with Crippen LogP contribution in [0.1, 0.15) is 46.6 Å². The second-order valence-electron chi connectivity index (χ2n) is 8.29. The van der Waals surface area contributed by atoms with Crippen LogP contribution in [0.3, 0.4) is 0 Å². The molecule has 0 fully saturated rings. The molecule has 0 aliphatic rings. The lowest BCUT2D eigenvalue weighted by Gasteiger charge is -2.08. The highest BCUT2D eigenvalue weighted by Crippen LogP contribution is 2.15. The van der Waals surface area contributed by atoms with Gasteiger partial charge in [-0.2, -0.15) is 0 Å². The van der Waals surface area contributed by atoms with Gasteiger partial charge in [-0.15, -0.1) is 0 Å². The van der Waals surface area contributed by atoms with Crippen molar-refractivity contribution < 1.29 is 14.7 Å². The molecule has 6 nitrogen and oxygen atoms in total. The summed E-state index contributed by atoms with van der Waals surface area (Å²) in [5, 5.41) is 8.75. The number of hydrogen-bond acceptors (Lipinski definition) is 3. The van der Waals surface area contributed by atoms with Crippen LogP contribution in [0, 0.1) is 5.92 Å². The standard InChI is InChI=1S/C27H29N3O3/c1-19(2)16-21-10-12-22(13-11-21)26(33)24-9-5-15-30(24)14-4-7-20-6-3-8-23(17-20)27(28)29-18-25(31)32/h3-13,15,17,19H,14,16,18H2,1-2H3,(H2,28,29)(H,31,32)/b7-4+. The molecule has 0 bridgehead atoms. The molecule has 1 heterocycles. The molecule has 0 radical (unpaired) electrons. The minimum Gasteiger partial charge on any atom is -0.480 e. The van der Waals surface area contributed by atoms with Crippen LogP contribution in [0.2, 0.25) is 0 Å². The molecule has 1 aromatic heterocycles. The molecule has 0 saturated heterocycles. The molecule has 0 atom stereocenters. The summed E-state index contributed by atoms with van der Waals surface area (Å²) in [7, 11) is 0. The molecule has 0 spiro atoms. The number of benzene rings is 2. The molecule has 33 heavy (non-hydrogen) atoms. The Balaban J connectivity index is 1.69. The van der Waals surface area contributed by atoms with Crippen LogP contribution in [-0.2, 0) is 17.8 Å². The molecular weight excluding hydrogens is 414 g/mol. The summed E-state index contributed by atoms with van der Waals surface area (Å²) < 4.78 is 1.91. The van der Waals surface area contributed by atoms with Crippen LogP contribution >= 0.6 is 0 Å². The Hall–Kier alpha value is -3.93. The van der Waals surface area contributed by atoms with Crippen molar-refractivity contribution in [2.24, 2.45) is 16.6 Å². The number of aliphatic imine (C=N–C) groups is 1. The first-order chi connectivity index (χ1) is 15.8. The lowest BCUT2D eigenvalue weighted by Crippen LogP contribution is -2.16. The summed E-state index contributed by atoms with van der Waals surface area (Å²) in [5.41, 5.74) is 9.99. The number of rotatable bonds is 10. The van der Waals surface area contributed by atoms with Crippen molar-refractivity contribution in [2.45, 2.75) is 26.8 Å². The molecule has 0 aliphatic carbocycles. The fourth-order valence-corrected chi connectivity index (χ4v) is 3.54. The van der Waals surface area contributed by atoms with Crippen molar-refractivity contribution in [1.29, 1.82) is 0 Å². The van der Waals surface area contributed by atoms with Crippen LogP contribution in [0.15, 0.2) is 77.9 Å². The lowest BCUT2D eigenvalue weighted by molar-refractivity contribution is -0.135. The van der Waals surface area contributed by atoms with E-state index >= 15 is 0 Å². The smallest absolute Gasteiger partial charge is 0.325 e. The predicted octanol–water partition coefficient (Wildman–Crippen LogP) is 4.42. The summed E-state index contributed by atoms with van der Waals surface area (Å²) in [6.45, 7) is 4.53. The number of nitrogens with zero attached hydrogens (tertiary/aromatic N) is 2. The van der Waals surface area contributed by atoms with Crippen LogP contribution in [0.5, 0.6) is 0 Å². The molecule has 170 valence electrons. The van der Waals surface area contributed by atoms with Crippen molar-refractivity contribution in [2.75, 3.05) is 6.54 Å². The zero-order valence-corrected chi connectivity index (χ0v) is 18.9. The Kier molecular flexibility index (Phi) is 7.97. The third kappa shape index (κ3) is 6.77. The van der Waals surface area contributed by atoms with Crippen LogP contribution in [0.25, 0.3) is 6.08 Å². The Morgan fingerprint density at radius 3 is 2.52 bits per heavy atom. The van der Waals surface area contributed by atoms with Crippen LogP contribution in [0.4, 0.5) is 0 Å². The van der Waals surface area contributed by atoms with Crippen molar-refractivity contribution in [1.82, 2.24) is 4.57 Å². The Bertz CT molecular complexity index is 1170. The molecule has 0 unspecified atom stereocenters. The van der Waals surface area contributed by atoms with Crippen LogP contribution < -0.4 is 5.73 Å². The van der Waals surface area contributed by atoms with E-state index in [0.717, 1.165) is 12.0 Å². The summed E-state index contributed by atoms with van der Waals surface area (Å²) in [6, 6.07) is 18.9. The third-order valence-corrected chi connectivity index (χ3v) is 5.10. The Morgan fingerprint density at radius 1 is 1.06 bits per heavy atom. The number of ketones is 1. The molecular formula is C27H29N3O3. The van der Waals surface area contributed by atoms with Gasteiger partial charge in [-0.25, -0.2) is 0 Å².